The van der Waals surface area contributed by atoms with Crippen molar-refractivity contribution in [3.05, 3.63) is 60.0 Å². The number of aliphatic imine (C=N–C) groups is 1. The van der Waals surface area contributed by atoms with Crippen molar-refractivity contribution >= 4 is 22.5 Å². The number of rotatable bonds is 5. The third-order valence-electron chi connectivity index (χ3n) is 3.73. The number of fused-ring (bicyclic) bond motifs is 1. The molecule has 1 aromatic heterocycles. The van der Waals surface area contributed by atoms with Crippen LogP contribution in [-0.4, -0.2) is 24.6 Å². The zero-order valence-electron chi connectivity index (χ0n) is 13.3. The van der Waals surface area contributed by atoms with Gasteiger partial charge >= 0.3 is 0 Å². The number of benzene rings is 2. The molecule has 0 aliphatic carbocycles. The van der Waals surface area contributed by atoms with Crippen molar-refractivity contribution in [1.29, 1.82) is 0 Å². The van der Waals surface area contributed by atoms with Crippen molar-refractivity contribution in [3.8, 4) is 5.75 Å². The van der Waals surface area contributed by atoms with Gasteiger partial charge in [-0.2, -0.15) is 0 Å². The van der Waals surface area contributed by atoms with Crippen molar-refractivity contribution in [2.24, 2.45) is 10.7 Å². The summed E-state index contributed by atoms with van der Waals surface area (Å²) in [7, 11) is 1.61. The number of methoxy groups -OCH3 is 1. The van der Waals surface area contributed by atoms with Gasteiger partial charge in [0.25, 0.3) is 0 Å². The van der Waals surface area contributed by atoms with E-state index in [0.29, 0.717) is 18.9 Å². The predicted molar refractivity (Wildman–Crippen MR) is 95.1 cm³/mol. The number of nitrogens with one attached hydrogen (secondary N) is 2. The van der Waals surface area contributed by atoms with E-state index in [1.165, 1.54) is 12.1 Å². The number of anilines is 1. The Morgan fingerprint density at radius 1 is 1.29 bits per heavy atom. The minimum atomic E-state index is -0.249. The molecule has 0 radical (unpaired) electrons. The first-order valence-corrected chi connectivity index (χ1v) is 7.62. The zero-order chi connectivity index (χ0) is 16.9. The van der Waals surface area contributed by atoms with Crippen molar-refractivity contribution in [2.45, 2.75) is 6.42 Å². The van der Waals surface area contributed by atoms with Crippen LogP contribution in [0.5, 0.6) is 5.75 Å². The van der Waals surface area contributed by atoms with E-state index in [0.717, 1.165) is 27.9 Å². The molecule has 4 N–H and O–H groups in total. The highest BCUT2D eigenvalue weighted by molar-refractivity contribution is 5.92. The molecular formula is C18H19FN4O. The number of hydrogen-bond donors (Lipinski definition) is 3. The van der Waals surface area contributed by atoms with Crippen molar-refractivity contribution in [2.75, 3.05) is 19.0 Å². The highest BCUT2D eigenvalue weighted by atomic mass is 19.1. The SMILES string of the molecule is COc1cccc(NC(N)=NCCc2c[nH]c3cc(F)ccc23)c1. The highest BCUT2D eigenvalue weighted by Crippen LogP contribution is 2.20. The molecule has 0 spiro atoms. The van der Waals surface area contributed by atoms with Crippen LogP contribution >= 0.6 is 0 Å². The number of hydrogen-bond acceptors (Lipinski definition) is 2. The molecule has 0 aliphatic rings. The fourth-order valence-electron chi connectivity index (χ4n) is 2.55. The third-order valence-corrected chi connectivity index (χ3v) is 3.73. The van der Waals surface area contributed by atoms with Crippen molar-refractivity contribution in [3.63, 3.8) is 0 Å². The average molecular weight is 326 g/mol. The number of nitrogens with two attached hydrogens (primary N) is 1. The molecule has 6 heteroatoms. The molecule has 0 unspecified atom stereocenters. The molecule has 5 nitrogen and oxygen atoms in total. The smallest absolute Gasteiger partial charge is 0.193 e. The largest absolute Gasteiger partial charge is 0.497 e. The molecule has 3 rings (SSSR count). The number of nitrogens with zero attached hydrogens (tertiary/aromatic N) is 1. The van der Waals surface area contributed by atoms with Gasteiger partial charge < -0.3 is 20.8 Å². The summed E-state index contributed by atoms with van der Waals surface area (Å²) >= 11 is 0. The second-order valence-electron chi connectivity index (χ2n) is 5.38. The number of ether oxygens (including phenoxy) is 1. The van der Waals surface area contributed by atoms with E-state index in [-0.39, 0.29) is 5.82 Å². The number of H-pyrrole nitrogens is 1. The number of aromatic nitrogens is 1. The fraction of sp³-hybridized carbons (Fsp3) is 0.167. The summed E-state index contributed by atoms with van der Waals surface area (Å²) < 4.78 is 18.4. The fourth-order valence-corrected chi connectivity index (χ4v) is 2.55. The first-order valence-electron chi connectivity index (χ1n) is 7.62. The molecule has 0 bridgehead atoms. The minimum absolute atomic E-state index is 0.249. The molecule has 0 saturated carbocycles. The van der Waals surface area contributed by atoms with Gasteiger partial charge in [-0.25, -0.2) is 4.39 Å². The lowest BCUT2D eigenvalue weighted by Crippen LogP contribution is -2.23. The topological polar surface area (TPSA) is 75.4 Å². The molecular weight excluding hydrogens is 307 g/mol. The lowest BCUT2D eigenvalue weighted by Gasteiger charge is -2.07. The Morgan fingerprint density at radius 2 is 2.17 bits per heavy atom. The Balaban J connectivity index is 1.62. The van der Waals surface area contributed by atoms with E-state index in [4.69, 9.17) is 10.5 Å². The molecule has 0 aliphatic heterocycles. The van der Waals surface area contributed by atoms with Gasteiger partial charge in [0.05, 0.1) is 7.11 Å². The van der Waals surface area contributed by atoms with Crippen LogP contribution < -0.4 is 15.8 Å². The van der Waals surface area contributed by atoms with Crippen LogP contribution in [0.15, 0.2) is 53.7 Å². The van der Waals surface area contributed by atoms with Gasteiger partial charge in [0.1, 0.15) is 11.6 Å². The van der Waals surface area contributed by atoms with Crippen LogP contribution in [-0.2, 0) is 6.42 Å². The monoisotopic (exact) mass is 326 g/mol. The van der Waals surface area contributed by atoms with Crippen LogP contribution in [0, 0.1) is 5.82 Å². The lowest BCUT2D eigenvalue weighted by atomic mass is 10.1. The summed E-state index contributed by atoms with van der Waals surface area (Å²) in [5.74, 6) is 0.841. The maximum atomic E-state index is 13.2. The molecule has 0 atom stereocenters. The Labute approximate surface area is 139 Å². The Bertz CT molecular complexity index is 872. The molecule has 3 aromatic rings. The lowest BCUT2D eigenvalue weighted by molar-refractivity contribution is 0.415. The van der Waals surface area contributed by atoms with Crippen LogP contribution in [0.2, 0.25) is 0 Å². The van der Waals surface area contributed by atoms with E-state index in [1.807, 2.05) is 30.5 Å². The highest BCUT2D eigenvalue weighted by Gasteiger charge is 2.04. The molecule has 0 fully saturated rings. The molecule has 24 heavy (non-hydrogen) atoms. The summed E-state index contributed by atoms with van der Waals surface area (Å²) in [6, 6.07) is 12.2. The maximum Gasteiger partial charge on any atom is 0.193 e. The van der Waals surface area contributed by atoms with Crippen LogP contribution in [0.3, 0.4) is 0 Å². The van der Waals surface area contributed by atoms with Crippen molar-refractivity contribution in [1.82, 2.24) is 4.98 Å². The van der Waals surface area contributed by atoms with E-state index in [1.54, 1.807) is 13.2 Å². The summed E-state index contributed by atoms with van der Waals surface area (Å²) in [5, 5.41) is 4.04. The first-order chi connectivity index (χ1) is 11.7. The summed E-state index contributed by atoms with van der Waals surface area (Å²) in [4.78, 5) is 7.40. The molecule has 0 saturated heterocycles. The van der Waals surface area contributed by atoms with Gasteiger partial charge in [-0.05, 0) is 42.3 Å². The Kier molecular flexibility index (Phi) is 4.65. The normalized spacial score (nSPS) is 11.7. The molecule has 1 heterocycles. The third kappa shape index (κ3) is 3.65. The molecule has 2 aromatic carbocycles. The average Bonchev–Trinajstić information content (AvgIpc) is 2.97. The first kappa shape index (κ1) is 15.9. The summed E-state index contributed by atoms with van der Waals surface area (Å²) in [6.45, 7) is 0.535. The van der Waals surface area contributed by atoms with Crippen LogP contribution in [0.25, 0.3) is 10.9 Å². The van der Waals surface area contributed by atoms with Gasteiger partial charge in [0, 0.05) is 35.4 Å². The molecule has 0 amide bonds. The predicted octanol–water partition coefficient (Wildman–Crippen LogP) is 3.28. The van der Waals surface area contributed by atoms with E-state index < -0.39 is 0 Å². The van der Waals surface area contributed by atoms with Gasteiger partial charge in [0.2, 0.25) is 0 Å². The van der Waals surface area contributed by atoms with Gasteiger partial charge in [-0.1, -0.05) is 6.07 Å². The maximum absolute atomic E-state index is 13.2. The van der Waals surface area contributed by atoms with Gasteiger partial charge in [-0.15, -0.1) is 0 Å². The van der Waals surface area contributed by atoms with E-state index in [9.17, 15) is 4.39 Å². The Hall–Kier alpha value is -3.02. The van der Waals surface area contributed by atoms with Gasteiger partial charge in [0.15, 0.2) is 5.96 Å². The zero-order valence-corrected chi connectivity index (χ0v) is 13.3. The standard InChI is InChI=1S/C18H19FN4O/c1-24-15-4-2-3-14(10-15)23-18(20)21-8-7-12-11-22-17-9-13(19)5-6-16(12)17/h2-6,9-11,22H,7-8H2,1H3,(H3,20,21,23). The Morgan fingerprint density at radius 3 is 3.00 bits per heavy atom. The van der Waals surface area contributed by atoms with E-state index in [2.05, 4.69) is 15.3 Å². The van der Waals surface area contributed by atoms with Crippen LogP contribution in [0.1, 0.15) is 5.56 Å². The van der Waals surface area contributed by atoms with Crippen LogP contribution in [0.4, 0.5) is 10.1 Å². The number of guanidine groups is 1. The second kappa shape index (κ2) is 7.04. The molecule has 124 valence electrons. The van der Waals surface area contributed by atoms with Gasteiger partial charge in [-0.3, -0.25) is 4.99 Å². The summed E-state index contributed by atoms with van der Waals surface area (Å²) in [6.07, 6.45) is 2.59. The number of halogens is 1. The second-order valence-corrected chi connectivity index (χ2v) is 5.38. The van der Waals surface area contributed by atoms with Crippen molar-refractivity contribution < 1.29 is 9.13 Å². The van der Waals surface area contributed by atoms with E-state index >= 15 is 0 Å². The summed E-state index contributed by atoms with van der Waals surface area (Å²) in [5.41, 5.74) is 8.60. The minimum Gasteiger partial charge on any atom is -0.497 e. The number of aromatic amines is 1. The quantitative estimate of drug-likeness (QED) is 0.497.